The minimum absolute atomic E-state index is 0.0635. The van der Waals surface area contributed by atoms with E-state index in [0.29, 0.717) is 34.0 Å². The third-order valence-electron chi connectivity index (χ3n) is 5.90. The summed E-state index contributed by atoms with van der Waals surface area (Å²) in [7, 11) is 0. The Kier molecular flexibility index (Phi) is 6.56. The molecule has 0 aliphatic carbocycles. The molecule has 0 fully saturated rings. The predicted molar refractivity (Wildman–Crippen MR) is 129 cm³/mol. The van der Waals surface area contributed by atoms with Crippen LogP contribution in [-0.4, -0.2) is 19.7 Å². The van der Waals surface area contributed by atoms with Crippen LogP contribution in [0, 0.1) is 5.82 Å². The molecule has 4 rings (SSSR count). The van der Waals surface area contributed by atoms with E-state index in [1.807, 2.05) is 13.8 Å². The molecule has 0 radical (unpaired) electrons. The first-order valence-corrected chi connectivity index (χ1v) is 11.2. The molecule has 3 aromatic heterocycles. The Bertz CT molecular complexity index is 1370. The molecule has 34 heavy (non-hydrogen) atoms. The maximum Gasteiger partial charge on any atom is 0.250 e. The zero-order valence-corrected chi connectivity index (χ0v) is 19.3. The Morgan fingerprint density at radius 1 is 1.09 bits per heavy atom. The molecule has 4 aromatic rings. The number of hydrogen-bond acceptors (Lipinski definition) is 7. The van der Waals surface area contributed by atoms with Gasteiger partial charge in [0, 0.05) is 47.1 Å². The molecule has 9 heteroatoms. The number of benzene rings is 1. The Morgan fingerprint density at radius 3 is 2.53 bits per heavy atom. The van der Waals surface area contributed by atoms with Gasteiger partial charge in [0.2, 0.25) is 0 Å². The van der Waals surface area contributed by atoms with Crippen molar-refractivity contribution in [2.24, 2.45) is 5.73 Å². The number of rotatable bonds is 7. The summed E-state index contributed by atoms with van der Waals surface area (Å²) in [5.74, 6) is 0.122. The van der Waals surface area contributed by atoms with Gasteiger partial charge in [-0.15, -0.1) is 0 Å². The van der Waals surface area contributed by atoms with Crippen molar-refractivity contribution in [1.29, 1.82) is 0 Å². The van der Waals surface area contributed by atoms with Gasteiger partial charge in [0.25, 0.3) is 5.56 Å². The van der Waals surface area contributed by atoms with Crippen LogP contribution in [0.25, 0.3) is 34.0 Å². The monoisotopic (exact) mass is 462 g/mol. The fraction of sp³-hybridized carbons (Fsp3) is 0.280. The Morgan fingerprint density at radius 2 is 1.82 bits per heavy atom. The van der Waals surface area contributed by atoms with E-state index in [1.54, 1.807) is 48.1 Å². The van der Waals surface area contributed by atoms with Crippen molar-refractivity contribution in [1.82, 2.24) is 19.7 Å². The smallest absolute Gasteiger partial charge is 0.250 e. The molecule has 0 bridgehead atoms. The average Bonchev–Trinajstić information content (AvgIpc) is 3.31. The van der Waals surface area contributed by atoms with E-state index in [2.05, 4.69) is 15.1 Å². The van der Waals surface area contributed by atoms with Gasteiger partial charge in [-0.3, -0.25) is 4.79 Å². The van der Waals surface area contributed by atoms with Crippen LogP contribution in [0.15, 0.2) is 58.1 Å². The minimum Gasteiger partial charge on any atom is -0.382 e. The van der Waals surface area contributed by atoms with Crippen LogP contribution in [0.4, 0.5) is 10.2 Å². The maximum absolute atomic E-state index is 14.0. The van der Waals surface area contributed by atoms with Gasteiger partial charge >= 0.3 is 0 Å². The molecular formula is C25H27FN6O2. The molecule has 0 saturated carbocycles. The van der Waals surface area contributed by atoms with Crippen molar-refractivity contribution in [3.05, 3.63) is 70.5 Å². The summed E-state index contributed by atoms with van der Waals surface area (Å²) in [6, 6.07) is 9.16. The molecule has 0 spiro atoms. The van der Waals surface area contributed by atoms with Crippen molar-refractivity contribution in [2.45, 2.75) is 45.7 Å². The third-order valence-corrected chi connectivity index (χ3v) is 5.90. The van der Waals surface area contributed by atoms with Crippen molar-refractivity contribution in [3.63, 3.8) is 0 Å². The zero-order chi connectivity index (χ0) is 24.4. The number of pyridine rings is 1. The van der Waals surface area contributed by atoms with E-state index in [9.17, 15) is 9.18 Å². The number of anilines is 1. The van der Waals surface area contributed by atoms with Gasteiger partial charge in [0.15, 0.2) is 17.3 Å². The first-order chi connectivity index (χ1) is 16.3. The summed E-state index contributed by atoms with van der Waals surface area (Å²) in [5.41, 5.74) is 15.0. The van der Waals surface area contributed by atoms with Crippen molar-refractivity contribution < 1.29 is 8.91 Å². The third kappa shape index (κ3) is 4.47. The fourth-order valence-electron chi connectivity index (χ4n) is 3.92. The van der Waals surface area contributed by atoms with E-state index in [4.69, 9.17) is 16.0 Å². The maximum atomic E-state index is 14.0. The van der Waals surface area contributed by atoms with Crippen molar-refractivity contribution in [3.8, 4) is 34.0 Å². The molecular weight excluding hydrogens is 435 g/mol. The largest absolute Gasteiger partial charge is 0.382 e. The van der Waals surface area contributed by atoms with Crippen LogP contribution >= 0.6 is 0 Å². The lowest BCUT2D eigenvalue weighted by Crippen LogP contribution is -2.23. The van der Waals surface area contributed by atoms with Crippen LogP contribution in [0.5, 0.6) is 0 Å². The average molecular weight is 463 g/mol. The Balaban J connectivity index is 1.73. The highest BCUT2D eigenvalue weighted by Crippen LogP contribution is 2.31. The molecule has 4 N–H and O–H groups in total. The second-order valence-corrected chi connectivity index (χ2v) is 8.22. The van der Waals surface area contributed by atoms with Crippen LogP contribution in [0.2, 0.25) is 0 Å². The molecule has 1 unspecified atom stereocenters. The number of aromatic nitrogens is 4. The summed E-state index contributed by atoms with van der Waals surface area (Å²) >= 11 is 0. The van der Waals surface area contributed by atoms with Gasteiger partial charge in [-0.2, -0.15) is 0 Å². The van der Waals surface area contributed by atoms with Crippen LogP contribution in [0.1, 0.15) is 51.3 Å². The normalized spacial score (nSPS) is 12.3. The SMILES string of the molecule is CCC(CC)n1cc(-c2cnc(N)c(-c3cc(-c4ccc(F)c(C(C)N)c4)no3)n2)ccc1=O. The standard InChI is InChI=1S/C25H27FN6O2/c1-4-17(5-2)32-13-16(7-9-23(32)33)21-12-29-25(28)24(30-21)22-11-20(31-34-22)15-6-8-19(26)18(10-15)14(3)27/h6-14,17H,4-5,27H2,1-3H3,(H2,28,29). The van der Waals surface area contributed by atoms with E-state index in [0.717, 1.165) is 18.4 Å². The summed E-state index contributed by atoms with van der Waals surface area (Å²) in [4.78, 5) is 21.3. The summed E-state index contributed by atoms with van der Waals surface area (Å²) < 4.78 is 21.3. The Hall–Kier alpha value is -3.85. The van der Waals surface area contributed by atoms with Gasteiger partial charge in [0.05, 0.1) is 11.9 Å². The molecule has 1 aromatic carbocycles. The van der Waals surface area contributed by atoms with Crippen molar-refractivity contribution in [2.75, 3.05) is 5.73 Å². The van der Waals surface area contributed by atoms with Gasteiger partial charge in [-0.1, -0.05) is 19.0 Å². The van der Waals surface area contributed by atoms with Crippen LogP contribution in [0.3, 0.4) is 0 Å². The molecule has 0 amide bonds. The van der Waals surface area contributed by atoms with Crippen LogP contribution in [-0.2, 0) is 0 Å². The second kappa shape index (κ2) is 9.56. The van der Waals surface area contributed by atoms with E-state index < -0.39 is 6.04 Å². The first-order valence-electron chi connectivity index (χ1n) is 11.2. The summed E-state index contributed by atoms with van der Waals surface area (Å²) in [6.07, 6.45) is 5.03. The first kappa shape index (κ1) is 23.3. The molecule has 0 saturated heterocycles. The van der Waals surface area contributed by atoms with Gasteiger partial charge in [-0.25, -0.2) is 14.4 Å². The molecule has 0 aliphatic heterocycles. The highest BCUT2D eigenvalue weighted by molar-refractivity contribution is 5.73. The lowest BCUT2D eigenvalue weighted by molar-refractivity contribution is 0.433. The number of hydrogen-bond donors (Lipinski definition) is 2. The molecule has 8 nitrogen and oxygen atoms in total. The topological polar surface area (TPSA) is 126 Å². The van der Waals surface area contributed by atoms with E-state index in [-0.39, 0.29) is 23.2 Å². The van der Waals surface area contributed by atoms with E-state index >= 15 is 0 Å². The highest BCUT2D eigenvalue weighted by Gasteiger charge is 2.18. The van der Waals surface area contributed by atoms with Crippen LogP contribution < -0.4 is 17.0 Å². The molecule has 176 valence electrons. The summed E-state index contributed by atoms with van der Waals surface area (Å²) in [5, 5.41) is 4.10. The Labute approximate surface area is 196 Å². The summed E-state index contributed by atoms with van der Waals surface area (Å²) in [6.45, 7) is 5.81. The lowest BCUT2D eigenvalue weighted by atomic mass is 10.0. The number of nitrogens with two attached hydrogens (primary N) is 2. The fourth-order valence-corrected chi connectivity index (χ4v) is 3.92. The van der Waals surface area contributed by atoms with E-state index in [1.165, 1.54) is 12.1 Å². The number of halogens is 1. The van der Waals surface area contributed by atoms with Gasteiger partial charge < -0.3 is 20.6 Å². The molecule has 1 atom stereocenters. The zero-order valence-electron chi connectivity index (χ0n) is 19.3. The van der Waals surface area contributed by atoms with Crippen molar-refractivity contribution >= 4 is 5.82 Å². The predicted octanol–water partition coefficient (Wildman–Crippen LogP) is 4.73. The second-order valence-electron chi connectivity index (χ2n) is 8.22. The number of nitrogens with zero attached hydrogens (tertiary/aromatic N) is 4. The van der Waals surface area contributed by atoms with Gasteiger partial charge in [-0.05, 0) is 44.0 Å². The van der Waals surface area contributed by atoms with Gasteiger partial charge in [0.1, 0.15) is 11.5 Å². The quantitative estimate of drug-likeness (QED) is 0.407. The minimum atomic E-state index is -0.465. The lowest BCUT2D eigenvalue weighted by Gasteiger charge is -2.17. The number of nitrogen functional groups attached to an aromatic ring is 1. The highest BCUT2D eigenvalue weighted by atomic mass is 19.1. The molecule has 0 aliphatic rings. The molecule has 3 heterocycles.